The highest BCUT2D eigenvalue weighted by Crippen LogP contribution is 2.08. The molecule has 19 heavy (non-hydrogen) atoms. The molecule has 0 spiro atoms. The number of nitrogens with one attached hydrogen (secondary N) is 1. The smallest absolute Gasteiger partial charge is 0.217 e. The molecule has 0 bridgehead atoms. The van der Waals surface area contributed by atoms with Crippen molar-refractivity contribution in [3.8, 4) is 11.8 Å². The Labute approximate surface area is 117 Å². The van der Waals surface area contributed by atoms with E-state index in [0.717, 1.165) is 12.0 Å². The van der Waals surface area contributed by atoms with Crippen molar-refractivity contribution in [2.45, 2.75) is 41.0 Å². The summed E-state index contributed by atoms with van der Waals surface area (Å²) in [5.41, 5.74) is 2.33. The van der Waals surface area contributed by atoms with Crippen LogP contribution in [0.25, 0.3) is 0 Å². The normalized spacial score (nSPS) is 8.95. The molecule has 0 aliphatic rings. The van der Waals surface area contributed by atoms with Crippen molar-refractivity contribution in [2.24, 2.45) is 5.92 Å². The van der Waals surface area contributed by atoms with Gasteiger partial charge in [0.15, 0.2) is 0 Å². The van der Waals surface area contributed by atoms with E-state index >= 15 is 0 Å². The monoisotopic (exact) mass is 259 g/mol. The fraction of sp³-hybridized carbons (Fsp3) is 0.471. The first-order chi connectivity index (χ1) is 9.08. The van der Waals surface area contributed by atoms with Gasteiger partial charge in [-0.15, -0.1) is 0 Å². The Bertz CT molecular complexity index is 421. The molecule has 0 heterocycles. The summed E-state index contributed by atoms with van der Waals surface area (Å²) >= 11 is 0. The molecule has 1 aromatic carbocycles. The van der Waals surface area contributed by atoms with Crippen LogP contribution in [0.5, 0.6) is 0 Å². The molecule has 2 nitrogen and oxygen atoms in total. The van der Waals surface area contributed by atoms with E-state index in [1.807, 2.05) is 26.0 Å². The van der Waals surface area contributed by atoms with E-state index in [2.05, 4.69) is 43.1 Å². The molecule has 0 saturated heterocycles. The molecule has 0 aliphatic carbocycles. The SMILES string of the molecule is CC.CC(=O)NCC#Cc1ccc(CC(C)C)cc1. The van der Waals surface area contributed by atoms with Gasteiger partial charge in [0.2, 0.25) is 5.91 Å². The van der Waals surface area contributed by atoms with Gasteiger partial charge in [-0.2, -0.15) is 0 Å². The van der Waals surface area contributed by atoms with Crippen LogP contribution in [0.4, 0.5) is 0 Å². The largest absolute Gasteiger partial charge is 0.345 e. The fourth-order valence-electron chi connectivity index (χ4n) is 1.51. The summed E-state index contributed by atoms with van der Waals surface area (Å²) in [6, 6.07) is 8.28. The van der Waals surface area contributed by atoms with Crippen LogP contribution < -0.4 is 5.32 Å². The molecule has 1 aromatic rings. The predicted octanol–water partition coefficient (Wildman–Crippen LogP) is 3.40. The fourth-order valence-corrected chi connectivity index (χ4v) is 1.51. The van der Waals surface area contributed by atoms with Gasteiger partial charge in [0, 0.05) is 12.5 Å². The van der Waals surface area contributed by atoms with E-state index in [4.69, 9.17) is 0 Å². The molecule has 0 saturated carbocycles. The third-order valence-electron chi connectivity index (χ3n) is 2.26. The second kappa shape index (κ2) is 10.2. The molecule has 0 fully saturated rings. The van der Waals surface area contributed by atoms with E-state index in [1.54, 1.807) is 0 Å². The first kappa shape index (κ1) is 17.2. The van der Waals surface area contributed by atoms with Gasteiger partial charge in [0.1, 0.15) is 0 Å². The van der Waals surface area contributed by atoms with Gasteiger partial charge in [-0.1, -0.05) is 51.7 Å². The zero-order valence-corrected chi connectivity index (χ0v) is 12.7. The van der Waals surface area contributed by atoms with Crippen molar-refractivity contribution in [1.29, 1.82) is 0 Å². The van der Waals surface area contributed by atoms with Gasteiger partial charge in [-0.3, -0.25) is 4.79 Å². The minimum atomic E-state index is -0.0495. The van der Waals surface area contributed by atoms with Crippen molar-refractivity contribution >= 4 is 5.91 Å². The van der Waals surface area contributed by atoms with Crippen molar-refractivity contribution in [2.75, 3.05) is 6.54 Å². The molecule has 104 valence electrons. The van der Waals surface area contributed by atoms with E-state index in [0.29, 0.717) is 12.5 Å². The molecular formula is C17H25NO. The lowest BCUT2D eigenvalue weighted by atomic mass is 10.0. The van der Waals surface area contributed by atoms with Crippen LogP contribution >= 0.6 is 0 Å². The molecular weight excluding hydrogens is 234 g/mol. The summed E-state index contributed by atoms with van der Waals surface area (Å²) in [5.74, 6) is 6.55. The van der Waals surface area contributed by atoms with E-state index < -0.39 is 0 Å². The standard InChI is InChI=1S/C15H19NO.C2H6/c1-12(2)11-15-8-6-14(7-9-15)5-4-10-16-13(3)17;1-2/h6-9,12H,10-11H2,1-3H3,(H,16,17);1-2H3. The van der Waals surface area contributed by atoms with Crippen LogP contribution in [0.1, 0.15) is 45.7 Å². The summed E-state index contributed by atoms with van der Waals surface area (Å²) < 4.78 is 0. The average Bonchev–Trinajstić information content (AvgIpc) is 2.38. The highest BCUT2D eigenvalue weighted by atomic mass is 16.1. The van der Waals surface area contributed by atoms with Crippen molar-refractivity contribution in [1.82, 2.24) is 5.32 Å². The molecule has 0 aliphatic heterocycles. The highest BCUT2D eigenvalue weighted by Gasteiger charge is 1.96. The Morgan fingerprint density at radius 2 is 1.79 bits per heavy atom. The van der Waals surface area contributed by atoms with E-state index in [1.165, 1.54) is 12.5 Å². The first-order valence-electron chi connectivity index (χ1n) is 6.90. The summed E-state index contributed by atoms with van der Waals surface area (Å²) in [5, 5.41) is 2.64. The molecule has 2 heteroatoms. The maximum atomic E-state index is 10.6. The van der Waals surface area contributed by atoms with Gasteiger partial charge >= 0.3 is 0 Å². The van der Waals surface area contributed by atoms with Crippen LogP contribution in [0.2, 0.25) is 0 Å². The maximum Gasteiger partial charge on any atom is 0.217 e. The zero-order chi connectivity index (χ0) is 14.7. The lowest BCUT2D eigenvalue weighted by molar-refractivity contribution is -0.118. The zero-order valence-electron chi connectivity index (χ0n) is 12.7. The lowest BCUT2D eigenvalue weighted by Crippen LogP contribution is -2.19. The first-order valence-corrected chi connectivity index (χ1v) is 6.90. The molecule has 1 amide bonds. The third-order valence-corrected chi connectivity index (χ3v) is 2.26. The Balaban J connectivity index is 0.00000154. The van der Waals surface area contributed by atoms with E-state index in [9.17, 15) is 4.79 Å². The van der Waals surface area contributed by atoms with Gasteiger partial charge in [-0.05, 0) is 30.0 Å². The van der Waals surface area contributed by atoms with Gasteiger partial charge in [-0.25, -0.2) is 0 Å². The number of hydrogen-bond acceptors (Lipinski definition) is 1. The maximum absolute atomic E-state index is 10.6. The van der Waals surface area contributed by atoms with Crippen LogP contribution in [0.3, 0.4) is 0 Å². The number of benzene rings is 1. The number of rotatable bonds is 3. The molecule has 0 radical (unpaired) electrons. The van der Waals surface area contributed by atoms with Crippen molar-refractivity contribution < 1.29 is 4.79 Å². The minimum Gasteiger partial charge on any atom is -0.345 e. The summed E-state index contributed by atoms with van der Waals surface area (Å²) in [6.45, 7) is 10.3. The predicted molar refractivity (Wildman–Crippen MR) is 81.9 cm³/mol. The van der Waals surface area contributed by atoms with Crippen LogP contribution in [0.15, 0.2) is 24.3 Å². The van der Waals surface area contributed by atoms with Crippen LogP contribution in [-0.4, -0.2) is 12.5 Å². The summed E-state index contributed by atoms with van der Waals surface area (Å²) in [4.78, 5) is 10.6. The summed E-state index contributed by atoms with van der Waals surface area (Å²) in [6.07, 6.45) is 1.10. The second-order valence-electron chi connectivity index (χ2n) is 4.51. The second-order valence-corrected chi connectivity index (χ2v) is 4.51. The third kappa shape index (κ3) is 8.90. The molecule has 1 rings (SSSR count). The topological polar surface area (TPSA) is 29.1 Å². The quantitative estimate of drug-likeness (QED) is 0.828. The average molecular weight is 259 g/mol. The molecule has 0 aromatic heterocycles. The number of carbonyl (C=O) groups excluding carboxylic acids is 1. The molecule has 0 atom stereocenters. The number of carbonyl (C=O) groups is 1. The Kier molecular flexibility index (Phi) is 9.26. The Morgan fingerprint density at radius 1 is 1.21 bits per heavy atom. The van der Waals surface area contributed by atoms with Crippen LogP contribution in [0, 0.1) is 17.8 Å². The molecule has 0 unspecified atom stereocenters. The highest BCUT2D eigenvalue weighted by molar-refractivity contribution is 5.73. The molecule has 1 N–H and O–H groups in total. The van der Waals surface area contributed by atoms with Crippen molar-refractivity contribution in [3.63, 3.8) is 0 Å². The van der Waals surface area contributed by atoms with Gasteiger partial charge < -0.3 is 5.32 Å². The Morgan fingerprint density at radius 3 is 2.26 bits per heavy atom. The Hall–Kier alpha value is -1.75. The minimum absolute atomic E-state index is 0.0495. The van der Waals surface area contributed by atoms with Gasteiger partial charge in [0.05, 0.1) is 6.54 Å². The van der Waals surface area contributed by atoms with Gasteiger partial charge in [0.25, 0.3) is 0 Å². The lowest BCUT2D eigenvalue weighted by Gasteiger charge is -2.04. The van der Waals surface area contributed by atoms with Crippen molar-refractivity contribution in [3.05, 3.63) is 35.4 Å². The van der Waals surface area contributed by atoms with Crippen LogP contribution in [-0.2, 0) is 11.2 Å². The van der Waals surface area contributed by atoms with E-state index in [-0.39, 0.29) is 5.91 Å². The number of amides is 1. The summed E-state index contributed by atoms with van der Waals surface area (Å²) in [7, 11) is 0. The number of hydrogen-bond donors (Lipinski definition) is 1.